The first-order valence-corrected chi connectivity index (χ1v) is 16.3. The van der Waals surface area contributed by atoms with Crippen molar-refractivity contribution in [2.75, 3.05) is 0 Å². The SMILES string of the molecule is CCCCCCCCCCCCC(CCC)c1[nH]cc[n+]1C(C)CCCCCCCCCCCC. The molecule has 2 atom stereocenters. The third-order valence-corrected chi connectivity index (χ3v) is 8.12. The lowest BCUT2D eigenvalue weighted by Crippen LogP contribution is -2.41. The summed E-state index contributed by atoms with van der Waals surface area (Å²) in [5.74, 6) is 2.21. The van der Waals surface area contributed by atoms with Gasteiger partial charge >= 0.3 is 0 Å². The zero-order chi connectivity index (χ0) is 25.4. The fourth-order valence-electron chi connectivity index (χ4n) is 5.78. The van der Waals surface area contributed by atoms with Crippen LogP contribution in [0.4, 0.5) is 0 Å². The average molecular weight is 490 g/mol. The van der Waals surface area contributed by atoms with E-state index in [-0.39, 0.29) is 0 Å². The van der Waals surface area contributed by atoms with Crippen LogP contribution in [0.1, 0.15) is 200 Å². The maximum atomic E-state index is 3.66. The second-order valence-electron chi connectivity index (χ2n) is 11.5. The second kappa shape index (κ2) is 23.6. The molecular weight excluding hydrogens is 424 g/mol. The van der Waals surface area contributed by atoms with Gasteiger partial charge in [-0.3, -0.25) is 0 Å². The van der Waals surface area contributed by atoms with Crippen molar-refractivity contribution in [1.29, 1.82) is 0 Å². The Hall–Kier alpha value is -0.790. The highest BCUT2D eigenvalue weighted by molar-refractivity contribution is 4.90. The number of hydrogen-bond acceptors (Lipinski definition) is 0. The van der Waals surface area contributed by atoms with E-state index in [1.165, 1.54) is 160 Å². The van der Waals surface area contributed by atoms with Crippen LogP contribution in [0.3, 0.4) is 0 Å². The van der Waals surface area contributed by atoms with Gasteiger partial charge < -0.3 is 0 Å². The fraction of sp³-hybridized carbons (Fsp3) is 0.909. The van der Waals surface area contributed by atoms with Gasteiger partial charge in [-0.1, -0.05) is 149 Å². The summed E-state index contributed by atoms with van der Waals surface area (Å²) in [6, 6.07) is 0.623. The summed E-state index contributed by atoms with van der Waals surface area (Å²) in [5, 5.41) is 0. The summed E-state index contributed by atoms with van der Waals surface area (Å²) in [6.07, 6.45) is 38.4. The molecule has 0 saturated carbocycles. The van der Waals surface area contributed by atoms with Crippen molar-refractivity contribution in [3.8, 4) is 0 Å². The van der Waals surface area contributed by atoms with E-state index in [1.54, 1.807) is 0 Å². The largest absolute Gasteiger partial charge is 0.257 e. The van der Waals surface area contributed by atoms with Gasteiger partial charge in [-0.05, 0) is 32.6 Å². The Bertz CT molecular complexity index is 549. The molecule has 2 unspecified atom stereocenters. The lowest BCUT2D eigenvalue weighted by Gasteiger charge is -2.16. The molecule has 1 rings (SSSR count). The number of hydrogen-bond donors (Lipinski definition) is 1. The van der Waals surface area contributed by atoms with E-state index in [0.29, 0.717) is 12.0 Å². The average Bonchev–Trinajstić information content (AvgIpc) is 3.35. The number of imidazole rings is 1. The van der Waals surface area contributed by atoms with Crippen LogP contribution in [-0.2, 0) is 0 Å². The lowest BCUT2D eigenvalue weighted by molar-refractivity contribution is -0.727. The summed E-state index contributed by atoms with van der Waals surface area (Å²) in [4.78, 5) is 3.66. The van der Waals surface area contributed by atoms with Crippen molar-refractivity contribution < 1.29 is 4.57 Å². The molecule has 35 heavy (non-hydrogen) atoms. The normalized spacial score (nSPS) is 13.4. The van der Waals surface area contributed by atoms with Crippen LogP contribution in [0.5, 0.6) is 0 Å². The van der Waals surface area contributed by atoms with Crippen molar-refractivity contribution in [3.05, 3.63) is 18.2 Å². The summed E-state index contributed by atoms with van der Waals surface area (Å²) >= 11 is 0. The number of aromatic nitrogens is 2. The number of unbranched alkanes of at least 4 members (excludes halogenated alkanes) is 18. The Morgan fingerprint density at radius 1 is 0.543 bits per heavy atom. The van der Waals surface area contributed by atoms with Crippen LogP contribution in [0, 0.1) is 0 Å². The van der Waals surface area contributed by atoms with Crippen molar-refractivity contribution in [2.45, 2.75) is 194 Å². The number of nitrogens with zero attached hydrogens (tertiary/aromatic N) is 1. The molecule has 0 aliphatic heterocycles. The minimum absolute atomic E-state index is 0.623. The number of H-pyrrole nitrogens is 1. The van der Waals surface area contributed by atoms with Crippen LogP contribution in [0.15, 0.2) is 12.4 Å². The number of rotatable bonds is 26. The summed E-state index contributed by atoms with van der Waals surface area (Å²) in [7, 11) is 0. The van der Waals surface area contributed by atoms with Crippen LogP contribution in [0.2, 0.25) is 0 Å². The van der Waals surface area contributed by atoms with Crippen LogP contribution < -0.4 is 4.57 Å². The molecular formula is C33H65N2+. The van der Waals surface area contributed by atoms with E-state index in [4.69, 9.17) is 0 Å². The highest BCUT2D eigenvalue weighted by Crippen LogP contribution is 2.26. The molecule has 206 valence electrons. The smallest absolute Gasteiger partial charge is 0.247 e. The molecule has 0 spiro atoms. The third-order valence-electron chi connectivity index (χ3n) is 8.12. The Labute approximate surface area is 221 Å². The molecule has 0 aromatic carbocycles. The Morgan fingerprint density at radius 2 is 0.971 bits per heavy atom. The van der Waals surface area contributed by atoms with Gasteiger partial charge in [0.2, 0.25) is 0 Å². The summed E-state index contributed by atoms with van der Waals surface area (Å²) in [5.41, 5.74) is 0. The van der Waals surface area contributed by atoms with E-state index in [2.05, 4.69) is 49.6 Å². The van der Waals surface area contributed by atoms with Gasteiger partial charge in [0.05, 0.1) is 12.0 Å². The Kier molecular flexibility index (Phi) is 21.7. The van der Waals surface area contributed by atoms with Crippen molar-refractivity contribution >= 4 is 0 Å². The van der Waals surface area contributed by atoms with E-state index in [1.807, 2.05) is 0 Å². The third kappa shape index (κ3) is 16.6. The monoisotopic (exact) mass is 490 g/mol. The molecule has 2 heteroatoms. The second-order valence-corrected chi connectivity index (χ2v) is 11.5. The minimum atomic E-state index is 0.623. The quantitative estimate of drug-likeness (QED) is 0.0985. The van der Waals surface area contributed by atoms with Crippen molar-refractivity contribution in [1.82, 2.24) is 4.98 Å². The van der Waals surface area contributed by atoms with Crippen molar-refractivity contribution in [2.24, 2.45) is 0 Å². The molecule has 2 nitrogen and oxygen atoms in total. The van der Waals surface area contributed by atoms with Gasteiger partial charge in [-0.25, -0.2) is 9.55 Å². The highest BCUT2D eigenvalue weighted by Gasteiger charge is 2.24. The molecule has 0 radical (unpaired) electrons. The van der Waals surface area contributed by atoms with Crippen LogP contribution in [0.25, 0.3) is 0 Å². The predicted molar refractivity (Wildman–Crippen MR) is 156 cm³/mol. The Balaban J connectivity index is 2.24. The topological polar surface area (TPSA) is 19.7 Å². The van der Waals surface area contributed by atoms with Gasteiger partial charge in [0, 0.05) is 0 Å². The van der Waals surface area contributed by atoms with Crippen LogP contribution in [-0.4, -0.2) is 4.98 Å². The summed E-state index contributed by atoms with van der Waals surface area (Å²) < 4.78 is 2.59. The molecule has 1 aromatic heterocycles. The molecule has 1 N–H and O–H groups in total. The van der Waals surface area contributed by atoms with Gasteiger partial charge in [0.25, 0.3) is 5.82 Å². The number of nitrogens with one attached hydrogen (secondary N) is 1. The molecule has 1 aromatic rings. The Morgan fingerprint density at radius 3 is 1.43 bits per heavy atom. The molecule has 0 fully saturated rings. The maximum Gasteiger partial charge on any atom is 0.257 e. The molecule has 0 saturated heterocycles. The van der Waals surface area contributed by atoms with E-state index in [0.717, 1.165) is 0 Å². The molecule has 1 heterocycles. The summed E-state index contributed by atoms with van der Waals surface area (Å²) in [6.45, 7) is 9.40. The standard InChI is InChI=1S/C33H64N2/c1-5-8-10-12-14-16-18-20-22-24-27-31(4)35-30-29-34-33(35)32(26-7-3)28-25-23-21-19-17-15-13-11-9-6-2/h29-32H,5-28H2,1-4H3/p+1. The van der Waals surface area contributed by atoms with Gasteiger partial charge in [-0.15, -0.1) is 0 Å². The van der Waals surface area contributed by atoms with E-state index in [9.17, 15) is 0 Å². The van der Waals surface area contributed by atoms with Gasteiger partial charge in [0.1, 0.15) is 12.4 Å². The first kappa shape index (κ1) is 32.2. The zero-order valence-corrected chi connectivity index (χ0v) is 24.7. The maximum absolute atomic E-state index is 3.66. The van der Waals surface area contributed by atoms with Crippen LogP contribution >= 0.6 is 0 Å². The molecule has 0 bridgehead atoms. The zero-order valence-electron chi connectivity index (χ0n) is 24.7. The molecule has 0 amide bonds. The predicted octanol–water partition coefficient (Wildman–Crippen LogP) is 11.4. The van der Waals surface area contributed by atoms with Gasteiger partial charge in [-0.2, -0.15) is 0 Å². The van der Waals surface area contributed by atoms with Crippen molar-refractivity contribution in [3.63, 3.8) is 0 Å². The van der Waals surface area contributed by atoms with E-state index < -0.39 is 0 Å². The molecule has 0 aliphatic carbocycles. The number of aromatic amines is 1. The fourth-order valence-corrected chi connectivity index (χ4v) is 5.78. The molecule has 0 aliphatic rings. The first-order valence-electron chi connectivity index (χ1n) is 16.3. The highest BCUT2D eigenvalue weighted by atomic mass is 15.1. The first-order chi connectivity index (χ1) is 17.2. The van der Waals surface area contributed by atoms with E-state index >= 15 is 0 Å². The minimum Gasteiger partial charge on any atom is -0.247 e. The van der Waals surface area contributed by atoms with Gasteiger partial charge in [0.15, 0.2) is 0 Å². The lowest BCUT2D eigenvalue weighted by atomic mass is 9.94.